The Morgan fingerprint density at radius 1 is 0.245 bits per heavy atom. The molecule has 1 heteroatoms. The van der Waals surface area contributed by atoms with E-state index in [1.807, 2.05) is 0 Å². The lowest BCUT2D eigenvalue weighted by atomic mass is 9.90. The van der Waals surface area contributed by atoms with Crippen molar-refractivity contribution in [2.75, 3.05) is 4.90 Å². The summed E-state index contributed by atoms with van der Waals surface area (Å²) >= 11 is 0. The van der Waals surface area contributed by atoms with Crippen LogP contribution in [0, 0.1) is 0 Å². The Morgan fingerprint density at radius 2 is 0.792 bits per heavy atom. The summed E-state index contributed by atoms with van der Waals surface area (Å²) in [5.41, 5.74) is 10.5. The van der Waals surface area contributed by atoms with Crippen LogP contribution in [0.4, 0.5) is 17.1 Å². The monoisotopic (exact) mass is 673 g/mol. The maximum atomic E-state index is 2.42. The van der Waals surface area contributed by atoms with Crippen molar-refractivity contribution >= 4 is 60.2 Å². The lowest BCUT2D eigenvalue weighted by molar-refractivity contribution is 1.29. The Hall–Kier alpha value is -6.96. The molecular weight excluding hydrogens is 639 g/mol. The summed E-state index contributed by atoms with van der Waals surface area (Å²) in [4.78, 5) is 2.42. The van der Waals surface area contributed by atoms with Gasteiger partial charge in [-0.05, 0) is 107 Å². The van der Waals surface area contributed by atoms with Gasteiger partial charge >= 0.3 is 0 Å². The number of para-hydroxylation sites is 1. The van der Waals surface area contributed by atoms with Gasteiger partial charge < -0.3 is 4.90 Å². The van der Waals surface area contributed by atoms with Crippen molar-refractivity contribution in [3.63, 3.8) is 0 Å². The molecule has 0 radical (unpaired) electrons. The predicted molar refractivity (Wildman–Crippen MR) is 227 cm³/mol. The highest BCUT2D eigenvalue weighted by Gasteiger charge is 2.20. The first-order valence-corrected chi connectivity index (χ1v) is 18.3. The maximum Gasteiger partial charge on any atom is 0.0540 e. The fourth-order valence-corrected chi connectivity index (χ4v) is 8.04. The molecule has 10 rings (SSSR count). The summed E-state index contributed by atoms with van der Waals surface area (Å²) in [6.45, 7) is 0. The average Bonchev–Trinajstić information content (AvgIpc) is 3.24. The average molecular weight is 674 g/mol. The van der Waals surface area contributed by atoms with Crippen LogP contribution in [0.1, 0.15) is 0 Å². The Labute approximate surface area is 309 Å². The lowest BCUT2D eigenvalue weighted by Crippen LogP contribution is -2.11. The molecule has 0 amide bonds. The zero-order valence-corrected chi connectivity index (χ0v) is 29.2. The van der Waals surface area contributed by atoms with E-state index in [-0.39, 0.29) is 0 Å². The van der Waals surface area contributed by atoms with Crippen LogP contribution in [0.25, 0.3) is 76.5 Å². The minimum Gasteiger partial charge on any atom is -0.310 e. The number of benzene rings is 10. The lowest BCUT2D eigenvalue weighted by Gasteiger charge is -2.29. The van der Waals surface area contributed by atoms with E-state index in [4.69, 9.17) is 0 Å². The second kappa shape index (κ2) is 13.0. The van der Waals surface area contributed by atoms with Crippen molar-refractivity contribution in [1.29, 1.82) is 0 Å². The van der Waals surface area contributed by atoms with Crippen LogP contribution in [-0.2, 0) is 0 Å². The molecule has 0 unspecified atom stereocenters. The van der Waals surface area contributed by atoms with Crippen molar-refractivity contribution in [3.8, 4) is 33.4 Å². The zero-order valence-electron chi connectivity index (χ0n) is 29.2. The molecule has 0 heterocycles. The molecule has 0 aliphatic carbocycles. The molecule has 53 heavy (non-hydrogen) atoms. The van der Waals surface area contributed by atoms with Crippen LogP contribution in [0.5, 0.6) is 0 Å². The van der Waals surface area contributed by atoms with Gasteiger partial charge in [0.1, 0.15) is 0 Å². The summed E-state index contributed by atoms with van der Waals surface area (Å²) in [6, 6.07) is 77.4. The quantitative estimate of drug-likeness (QED) is 0.159. The number of nitrogens with zero attached hydrogens (tertiary/aromatic N) is 1. The topological polar surface area (TPSA) is 3.24 Å². The summed E-state index contributed by atoms with van der Waals surface area (Å²) in [5.74, 6) is 0. The van der Waals surface area contributed by atoms with E-state index in [0.29, 0.717) is 0 Å². The molecule has 0 atom stereocenters. The Bertz CT molecular complexity index is 2940. The molecule has 1 nitrogen and oxygen atoms in total. The van der Waals surface area contributed by atoms with Crippen molar-refractivity contribution < 1.29 is 0 Å². The second-order valence-corrected chi connectivity index (χ2v) is 13.7. The summed E-state index contributed by atoms with van der Waals surface area (Å²) < 4.78 is 0. The molecule has 10 aromatic rings. The highest BCUT2D eigenvalue weighted by atomic mass is 15.1. The van der Waals surface area contributed by atoms with Gasteiger partial charge in [-0.15, -0.1) is 0 Å². The van der Waals surface area contributed by atoms with Crippen molar-refractivity contribution in [3.05, 3.63) is 212 Å². The third-order valence-corrected chi connectivity index (χ3v) is 10.6. The van der Waals surface area contributed by atoms with Gasteiger partial charge in [-0.3, -0.25) is 0 Å². The van der Waals surface area contributed by atoms with Gasteiger partial charge in [0.25, 0.3) is 0 Å². The third-order valence-electron chi connectivity index (χ3n) is 10.6. The van der Waals surface area contributed by atoms with Crippen LogP contribution in [0.15, 0.2) is 212 Å². The fraction of sp³-hybridized carbons (Fsp3) is 0. The van der Waals surface area contributed by atoms with Crippen LogP contribution in [-0.4, -0.2) is 0 Å². The SMILES string of the molecule is c1ccc(-c2cc(N(c3ccc4ccccc4c3)c3ccccc3-c3ccccc3)ccc2-c2ccc3ccc4c5ccccc5ccc4c3c2)cc1. The minimum atomic E-state index is 1.10. The highest BCUT2D eigenvalue weighted by Crippen LogP contribution is 2.45. The normalized spacial score (nSPS) is 11.4. The molecular formula is C52H35N. The van der Waals surface area contributed by atoms with E-state index in [0.717, 1.165) is 17.1 Å². The van der Waals surface area contributed by atoms with E-state index >= 15 is 0 Å². The van der Waals surface area contributed by atoms with Crippen LogP contribution < -0.4 is 4.90 Å². The van der Waals surface area contributed by atoms with Crippen LogP contribution >= 0.6 is 0 Å². The molecule has 0 aromatic heterocycles. The smallest absolute Gasteiger partial charge is 0.0540 e. The minimum absolute atomic E-state index is 1.10. The number of hydrogen-bond donors (Lipinski definition) is 0. The van der Waals surface area contributed by atoms with E-state index < -0.39 is 0 Å². The first-order valence-electron chi connectivity index (χ1n) is 18.3. The van der Waals surface area contributed by atoms with E-state index in [9.17, 15) is 0 Å². The van der Waals surface area contributed by atoms with Crippen molar-refractivity contribution in [1.82, 2.24) is 0 Å². The fourth-order valence-electron chi connectivity index (χ4n) is 8.04. The molecule has 0 saturated heterocycles. The third kappa shape index (κ3) is 5.51. The second-order valence-electron chi connectivity index (χ2n) is 13.7. The van der Waals surface area contributed by atoms with Gasteiger partial charge in [-0.2, -0.15) is 0 Å². The van der Waals surface area contributed by atoms with Gasteiger partial charge in [-0.25, -0.2) is 0 Å². The Balaban J connectivity index is 1.20. The van der Waals surface area contributed by atoms with E-state index in [1.54, 1.807) is 0 Å². The van der Waals surface area contributed by atoms with Crippen molar-refractivity contribution in [2.45, 2.75) is 0 Å². The summed E-state index contributed by atoms with van der Waals surface area (Å²) in [7, 11) is 0. The first kappa shape index (κ1) is 30.8. The number of rotatable bonds is 6. The molecule has 0 aliphatic rings. The number of hydrogen-bond acceptors (Lipinski definition) is 1. The molecule has 0 aliphatic heterocycles. The molecule has 248 valence electrons. The van der Waals surface area contributed by atoms with E-state index in [1.165, 1.54) is 76.5 Å². The number of anilines is 3. The maximum absolute atomic E-state index is 2.42. The van der Waals surface area contributed by atoms with Crippen LogP contribution in [0.3, 0.4) is 0 Å². The predicted octanol–water partition coefficient (Wildman–Crippen LogP) is 14.8. The zero-order chi connectivity index (χ0) is 35.1. The van der Waals surface area contributed by atoms with Gasteiger partial charge in [0, 0.05) is 16.9 Å². The molecule has 0 bridgehead atoms. The Morgan fingerprint density at radius 3 is 1.58 bits per heavy atom. The molecule has 0 saturated carbocycles. The molecule has 10 aromatic carbocycles. The molecule has 0 fully saturated rings. The van der Waals surface area contributed by atoms with Crippen molar-refractivity contribution in [2.24, 2.45) is 0 Å². The highest BCUT2D eigenvalue weighted by molar-refractivity contribution is 6.18. The summed E-state index contributed by atoms with van der Waals surface area (Å²) in [6.07, 6.45) is 0. The van der Waals surface area contributed by atoms with Gasteiger partial charge in [0.05, 0.1) is 5.69 Å². The standard InChI is InChI=1S/C52H35N/c1-3-14-37(15-4-1)47-21-11-12-22-52(47)53(43-28-25-36-13-7-8-19-41(36)33-43)44-29-32-46(51(35-44)38-16-5-2-6-17-38)42-24-23-40-27-30-48-45-20-10-9-18-39(45)26-31-49(48)50(40)34-42/h1-35H. The first-order chi connectivity index (χ1) is 26.3. The summed E-state index contributed by atoms with van der Waals surface area (Å²) in [5, 5.41) is 10.1. The van der Waals surface area contributed by atoms with Gasteiger partial charge in [-0.1, -0.05) is 176 Å². The molecule has 0 spiro atoms. The largest absolute Gasteiger partial charge is 0.310 e. The van der Waals surface area contributed by atoms with Gasteiger partial charge in [0.15, 0.2) is 0 Å². The number of fused-ring (bicyclic) bond motifs is 6. The Kier molecular flexibility index (Phi) is 7.55. The molecule has 0 N–H and O–H groups in total. The van der Waals surface area contributed by atoms with E-state index in [2.05, 4.69) is 217 Å². The van der Waals surface area contributed by atoms with Crippen LogP contribution in [0.2, 0.25) is 0 Å². The van der Waals surface area contributed by atoms with Gasteiger partial charge in [0.2, 0.25) is 0 Å².